The van der Waals surface area contributed by atoms with Crippen molar-refractivity contribution in [1.82, 2.24) is 0 Å². The Morgan fingerprint density at radius 2 is 2.31 bits per heavy atom. The average Bonchev–Trinajstić information content (AvgIpc) is 2.09. The minimum atomic E-state index is -1.31. The van der Waals surface area contributed by atoms with E-state index in [0.717, 1.165) is 6.26 Å². The summed E-state index contributed by atoms with van der Waals surface area (Å²) >= 11 is 2.81. The molecule has 0 saturated carbocycles. The number of methoxy groups -OCH3 is 1. The average molecular weight is 249 g/mol. The number of hydrogen-bond donors (Lipinski definition) is 1. The topological polar surface area (TPSA) is 76.7 Å². The van der Waals surface area contributed by atoms with Gasteiger partial charge in [-0.15, -0.1) is 0 Å². The molecule has 0 spiro atoms. The lowest BCUT2D eigenvalue weighted by Gasteiger charge is -2.00. The molecule has 70 valence electrons. The molecule has 0 saturated heterocycles. The Morgan fingerprint density at radius 3 is 2.77 bits per heavy atom. The molecule has 0 fully saturated rings. The summed E-state index contributed by atoms with van der Waals surface area (Å²) in [6, 6.07) is 0. The van der Waals surface area contributed by atoms with E-state index in [2.05, 4.69) is 25.1 Å². The summed E-state index contributed by atoms with van der Waals surface area (Å²) in [6.07, 6.45) is 0.955. The highest BCUT2D eigenvalue weighted by Gasteiger charge is 2.17. The third kappa shape index (κ3) is 1.72. The van der Waals surface area contributed by atoms with E-state index < -0.39 is 17.2 Å². The maximum atomic E-state index is 11.2. The molecule has 0 radical (unpaired) electrons. The van der Waals surface area contributed by atoms with Crippen molar-refractivity contribution in [3.05, 3.63) is 26.7 Å². The van der Waals surface area contributed by atoms with E-state index in [1.165, 1.54) is 7.11 Å². The Kier molecular flexibility index (Phi) is 2.72. The highest BCUT2D eigenvalue weighted by atomic mass is 79.9. The first-order valence-electron chi connectivity index (χ1n) is 3.16. The number of halogens is 1. The number of rotatable bonds is 2. The van der Waals surface area contributed by atoms with Crippen molar-refractivity contribution in [3.63, 3.8) is 0 Å². The van der Waals surface area contributed by atoms with Crippen LogP contribution in [0.2, 0.25) is 0 Å². The highest BCUT2D eigenvalue weighted by molar-refractivity contribution is 9.10. The Bertz CT molecular complexity index is 394. The lowest BCUT2D eigenvalue weighted by Crippen LogP contribution is -2.11. The smallest absolute Gasteiger partial charge is 0.373 e. The lowest BCUT2D eigenvalue weighted by atomic mass is 10.4. The molecule has 0 bridgehead atoms. The first-order valence-corrected chi connectivity index (χ1v) is 3.95. The molecular weight excluding hydrogens is 244 g/mol. The van der Waals surface area contributed by atoms with Gasteiger partial charge >= 0.3 is 5.97 Å². The molecule has 1 aromatic rings. The number of carbonyl (C=O) groups is 1. The normalized spacial score (nSPS) is 9.69. The summed E-state index contributed by atoms with van der Waals surface area (Å²) in [5.41, 5.74) is -0.550. The number of carboxylic acid groups (broad SMARTS) is 1. The van der Waals surface area contributed by atoms with Gasteiger partial charge in [-0.3, -0.25) is 4.79 Å². The van der Waals surface area contributed by atoms with Crippen LogP contribution < -0.4 is 10.2 Å². The monoisotopic (exact) mass is 248 g/mol. The molecule has 0 atom stereocenters. The van der Waals surface area contributed by atoms with Gasteiger partial charge in [0, 0.05) is 0 Å². The molecule has 1 heterocycles. The molecule has 1 N–H and O–H groups in total. The molecule has 5 nitrogen and oxygen atoms in total. The van der Waals surface area contributed by atoms with E-state index in [0.29, 0.717) is 0 Å². The predicted octanol–water partition coefficient (Wildman–Crippen LogP) is 1.11. The molecule has 0 unspecified atom stereocenters. The molecular formula is C7H5BrO5. The molecule has 13 heavy (non-hydrogen) atoms. The van der Waals surface area contributed by atoms with Gasteiger partial charge < -0.3 is 14.3 Å². The van der Waals surface area contributed by atoms with Gasteiger partial charge in [-0.05, 0) is 15.9 Å². The van der Waals surface area contributed by atoms with E-state index in [4.69, 9.17) is 5.11 Å². The summed E-state index contributed by atoms with van der Waals surface area (Å²) in [5.74, 6) is -1.80. The molecule has 0 aromatic carbocycles. The number of aromatic carboxylic acids is 1. The Labute approximate surface area is 81.1 Å². The SMILES string of the molecule is COc1coc(C(=O)O)c(Br)c1=O. The van der Waals surface area contributed by atoms with Gasteiger partial charge in [-0.1, -0.05) is 0 Å². The minimum absolute atomic E-state index is 0.0446. The van der Waals surface area contributed by atoms with E-state index >= 15 is 0 Å². The standard InChI is InChI=1S/C7H5BrO5/c1-12-3-2-13-6(7(10)11)4(8)5(3)9/h2H,1H3,(H,10,11). The largest absolute Gasteiger partial charge is 0.490 e. The van der Waals surface area contributed by atoms with Crippen LogP contribution in [0.25, 0.3) is 0 Å². The van der Waals surface area contributed by atoms with Gasteiger partial charge in [0.05, 0.1) is 7.11 Å². The number of hydrogen-bond acceptors (Lipinski definition) is 4. The van der Waals surface area contributed by atoms with Crippen LogP contribution in [0.5, 0.6) is 5.75 Å². The molecule has 6 heteroatoms. The van der Waals surface area contributed by atoms with Crippen molar-refractivity contribution in [2.24, 2.45) is 0 Å². The van der Waals surface area contributed by atoms with Crippen molar-refractivity contribution in [1.29, 1.82) is 0 Å². The van der Waals surface area contributed by atoms with Crippen LogP contribution in [0, 0.1) is 0 Å². The summed E-state index contributed by atoms with van der Waals surface area (Å²) in [4.78, 5) is 21.7. The Hall–Kier alpha value is -1.30. The summed E-state index contributed by atoms with van der Waals surface area (Å²) in [7, 11) is 1.29. The van der Waals surface area contributed by atoms with E-state index in [1.54, 1.807) is 0 Å². The first-order chi connectivity index (χ1) is 6.07. The fraction of sp³-hybridized carbons (Fsp3) is 0.143. The lowest BCUT2D eigenvalue weighted by molar-refractivity contribution is 0.0657. The second-order valence-electron chi connectivity index (χ2n) is 2.08. The molecule has 0 amide bonds. The fourth-order valence-corrected chi connectivity index (χ4v) is 1.17. The van der Waals surface area contributed by atoms with Crippen LogP contribution in [0.3, 0.4) is 0 Å². The van der Waals surface area contributed by atoms with Gasteiger partial charge in [0.1, 0.15) is 10.7 Å². The van der Waals surface area contributed by atoms with Crippen LogP contribution in [-0.2, 0) is 0 Å². The van der Waals surface area contributed by atoms with Crippen molar-refractivity contribution in [3.8, 4) is 5.75 Å². The zero-order valence-corrected chi connectivity index (χ0v) is 8.12. The number of carboxylic acids is 1. The second kappa shape index (κ2) is 3.61. The number of ether oxygens (including phenoxy) is 1. The van der Waals surface area contributed by atoms with Crippen LogP contribution in [0.15, 0.2) is 19.9 Å². The van der Waals surface area contributed by atoms with Crippen molar-refractivity contribution in [2.45, 2.75) is 0 Å². The van der Waals surface area contributed by atoms with Gasteiger partial charge in [-0.25, -0.2) is 4.79 Å². The third-order valence-corrected chi connectivity index (χ3v) is 2.04. The summed E-state index contributed by atoms with van der Waals surface area (Å²) < 4.78 is 9.13. The van der Waals surface area contributed by atoms with Gasteiger partial charge in [0.15, 0.2) is 0 Å². The van der Waals surface area contributed by atoms with Crippen LogP contribution >= 0.6 is 15.9 Å². The van der Waals surface area contributed by atoms with Gasteiger partial charge in [0.2, 0.25) is 16.9 Å². The van der Waals surface area contributed by atoms with Crippen molar-refractivity contribution < 1.29 is 19.1 Å². The first kappa shape index (κ1) is 9.79. The quantitative estimate of drug-likeness (QED) is 0.849. The Morgan fingerprint density at radius 1 is 1.69 bits per heavy atom. The third-order valence-electron chi connectivity index (χ3n) is 1.32. The van der Waals surface area contributed by atoms with E-state index in [-0.39, 0.29) is 10.2 Å². The highest BCUT2D eigenvalue weighted by Crippen LogP contribution is 2.16. The summed E-state index contributed by atoms with van der Waals surface area (Å²) in [5, 5.41) is 8.55. The Balaban J connectivity index is 3.40. The van der Waals surface area contributed by atoms with Crippen LogP contribution in [0.4, 0.5) is 0 Å². The van der Waals surface area contributed by atoms with Crippen LogP contribution in [-0.4, -0.2) is 18.2 Å². The van der Waals surface area contributed by atoms with E-state index in [1.807, 2.05) is 0 Å². The molecule has 0 aliphatic carbocycles. The fourth-order valence-electron chi connectivity index (χ4n) is 0.714. The second-order valence-corrected chi connectivity index (χ2v) is 2.87. The molecule has 0 aliphatic rings. The van der Waals surface area contributed by atoms with Gasteiger partial charge in [-0.2, -0.15) is 0 Å². The predicted molar refractivity (Wildman–Crippen MR) is 46.2 cm³/mol. The van der Waals surface area contributed by atoms with Crippen molar-refractivity contribution >= 4 is 21.9 Å². The minimum Gasteiger partial charge on any atom is -0.490 e. The van der Waals surface area contributed by atoms with Crippen molar-refractivity contribution in [2.75, 3.05) is 7.11 Å². The van der Waals surface area contributed by atoms with E-state index in [9.17, 15) is 9.59 Å². The van der Waals surface area contributed by atoms with Gasteiger partial charge in [0.25, 0.3) is 0 Å². The maximum absolute atomic E-state index is 11.2. The molecule has 1 rings (SSSR count). The zero-order chi connectivity index (χ0) is 10.0. The summed E-state index contributed by atoms with van der Waals surface area (Å²) in [6.45, 7) is 0. The van der Waals surface area contributed by atoms with Crippen LogP contribution in [0.1, 0.15) is 10.6 Å². The molecule has 1 aromatic heterocycles. The zero-order valence-electron chi connectivity index (χ0n) is 6.54. The maximum Gasteiger partial charge on any atom is 0.373 e. The molecule has 0 aliphatic heterocycles.